The van der Waals surface area contributed by atoms with E-state index in [-0.39, 0.29) is 11.1 Å². The third-order valence-electron chi connectivity index (χ3n) is 1.60. The zero-order valence-corrected chi connectivity index (χ0v) is 7.36. The zero-order chi connectivity index (χ0) is 9.35. The molecule has 0 aliphatic carbocycles. The lowest BCUT2D eigenvalue weighted by molar-refractivity contribution is 0.146. The molecule has 1 heterocycles. The highest BCUT2D eigenvalue weighted by Gasteiger charge is 2.19. The molecule has 0 fully saturated rings. The van der Waals surface area contributed by atoms with E-state index < -0.39 is 6.43 Å². The van der Waals surface area contributed by atoms with Crippen LogP contribution < -0.4 is 0 Å². The van der Waals surface area contributed by atoms with Crippen LogP contribution in [0.5, 0.6) is 0 Å². The summed E-state index contributed by atoms with van der Waals surface area (Å²) >= 11 is 0. The normalized spacial score (nSPS) is 12.5. The Morgan fingerprint density at radius 2 is 2.00 bits per heavy atom. The molecular formula is C8H12F2N2. The van der Waals surface area contributed by atoms with Crippen LogP contribution >= 0.6 is 0 Å². The number of hydrogen-bond acceptors (Lipinski definition) is 1. The van der Waals surface area contributed by atoms with Crippen LogP contribution in [0.1, 0.15) is 38.6 Å². The Morgan fingerprint density at radius 1 is 1.42 bits per heavy atom. The minimum atomic E-state index is -2.46. The van der Waals surface area contributed by atoms with Crippen LogP contribution in [0.25, 0.3) is 0 Å². The van der Waals surface area contributed by atoms with Gasteiger partial charge in [0.05, 0.1) is 5.69 Å². The van der Waals surface area contributed by atoms with Crippen LogP contribution in [0, 0.1) is 0 Å². The van der Waals surface area contributed by atoms with Crippen molar-refractivity contribution in [3.8, 4) is 0 Å². The van der Waals surface area contributed by atoms with Crippen LogP contribution in [-0.4, -0.2) is 10.2 Å². The van der Waals surface area contributed by atoms with E-state index >= 15 is 0 Å². The van der Waals surface area contributed by atoms with Crippen molar-refractivity contribution in [3.05, 3.63) is 17.5 Å². The van der Waals surface area contributed by atoms with Crippen LogP contribution in [-0.2, 0) is 5.41 Å². The highest BCUT2D eigenvalue weighted by molar-refractivity contribution is 5.16. The van der Waals surface area contributed by atoms with Crippen LogP contribution in [0.2, 0.25) is 0 Å². The van der Waals surface area contributed by atoms with Gasteiger partial charge in [-0.25, -0.2) is 8.78 Å². The summed E-state index contributed by atoms with van der Waals surface area (Å²) < 4.78 is 24.2. The largest absolute Gasteiger partial charge is 0.279 e. The van der Waals surface area contributed by atoms with Crippen molar-refractivity contribution in [3.63, 3.8) is 0 Å². The standard InChI is InChI=1S/C8H12F2N2/c1-8(2,3)6-4-5(7(9)10)11-12-6/h4,7H,1-3H3,(H,11,12). The molecule has 0 aromatic carbocycles. The molecule has 4 heteroatoms. The van der Waals surface area contributed by atoms with Gasteiger partial charge in [0.25, 0.3) is 6.43 Å². The van der Waals surface area contributed by atoms with Gasteiger partial charge in [0, 0.05) is 5.41 Å². The molecule has 1 aromatic rings. The molecule has 0 unspecified atom stereocenters. The lowest BCUT2D eigenvalue weighted by atomic mass is 9.92. The van der Waals surface area contributed by atoms with Gasteiger partial charge in [-0.15, -0.1) is 0 Å². The Kier molecular flexibility index (Phi) is 2.17. The molecule has 0 radical (unpaired) electrons. The van der Waals surface area contributed by atoms with Gasteiger partial charge in [-0.2, -0.15) is 5.10 Å². The van der Waals surface area contributed by atoms with E-state index in [1.54, 1.807) is 0 Å². The quantitative estimate of drug-likeness (QED) is 0.696. The van der Waals surface area contributed by atoms with Crippen LogP contribution in [0.15, 0.2) is 6.07 Å². The molecule has 68 valence electrons. The zero-order valence-electron chi connectivity index (χ0n) is 7.36. The number of nitrogens with one attached hydrogen (secondary N) is 1. The van der Waals surface area contributed by atoms with Gasteiger partial charge >= 0.3 is 0 Å². The molecule has 2 nitrogen and oxygen atoms in total. The second-order valence-corrected chi connectivity index (χ2v) is 3.76. The maximum absolute atomic E-state index is 12.1. The second kappa shape index (κ2) is 2.84. The first-order valence-electron chi connectivity index (χ1n) is 3.75. The number of H-pyrrole nitrogens is 1. The van der Waals surface area contributed by atoms with Crippen molar-refractivity contribution in [1.82, 2.24) is 10.2 Å². The van der Waals surface area contributed by atoms with E-state index in [0.717, 1.165) is 0 Å². The number of hydrogen-bond donors (Lipinski definition) is 1. The minimum Gasteiger partial charge on any atom is -0.276 e. The fourth-order valence-electron chi connectivity index (χ4n) is 0.833. The number of alkyl halides is 2. The SMILES string of the molecule is CC(C)(C)c1cc(C(F)F)[nH]n1. The van der Waals surface area contributed by atoms with Crippen molar-refractivity contribution < 1.29 is 8.78 Å². The molecule has 12 heavy (non-hydrogen) atoms. The predicted molar refractivity (Wildman–Crippen MR) is 42.2 cm³/mol. The van der Waals surface area contributed by atoms with Gasteiger partial charge in [-0.05, 0) is 6.07 Å². The first kappa shape index (κ1) is 9.16. The molecule has 0 amide bonds. The average Bonchev–Trinajstić information content (AvgIpc) is 2.30. The lowest BCUT2D eigenvalue weighted by Crippen LogP contribution is -2.11. The van der Waals surface area contributed by atoms with Crippen molar-refractivity contribution in [2.75, 3.05) is 0 Å². The number of halogens is 2. The van der Waals surface area contributed by atoms with Crippen molar-refractivity contribution in [1.29, 1.82) is 0 Å². The number of aromatic nitrogens is 2. The second-order valence-electron chi connectivity index (χ2n) is 3.76. The first-order chi connectivity index (χ1) is 5.41. The Hall–Kier alpha value is -0.930. The fourth-order valence-corrected chi connectivity index (χ4v) is 0.833. The number of rotatable bonds is 1. The summed E-state index contributed by atoms with van der Waals surface area (Å²) in [5, 5.41) is 6.12. The summed E-state index contributed by atoms with van der Waals surface area (Å²) in [5.41, 5.74) is 0.377. The average molecular weight is 174 g/mol. The summed E-state index contributed by atoms with van der Waals surface area (Å²) in [5.74, 6) is 0. The van der Waals surface area contributed by atoms with E-state index in [4.69, 9.17) is 0 Å². The third-order valence-corrected chi connectivity index (χ3v) is 1.60. The molecule has 0 spiro atoms. The van der Waals surface area contributed by atoms with Crippen LogP contribution in [0.4, 0.5) is 8.78 Å². The monoisotopic (exact) mass is 174 g/mol. The molecule has 0 aliphatic rings. The fraction of sp³-hybridized carbons (Fsp3) is 0.625. The molecule has 0 saturated heterocycles. The Balaban J connectivity index is 2.92. The molecule has 1 rings (SSSR count). The van der Waals surface area contributed by atoms with E-state index in [1.165, 1.54) is 6.07 Å². The maximum atomic E-state index is 12.1. The smallest absolute Gasteiger partial charge is 0.276 e. The summed E-state index contributed by atoms with van der Waals surface area (Å²) in [6, 6.07) is 1.41. The van der Waals surface area contributed by atoms with E-state index in [0.29, 0.717) is 5.69 Å². The molecular weight excluding hydrogens is 162 g/mol. The van der Waals surface area contributed by atoms with Gasteiger partial charge in [0.15, 0.2) is 0 Å². The Morgan fingerprint density at radius 3 is 2.25 bits per heavy atom. The van der Waals surface area contributed by atoms with Gasteiger partial charge in [0.2, 0.25) is 0 Å². The van der Waals surface area contributed by atoms with Gasteiger partial charge in [-0.1, -0.05) is 20.8 Å². The minimum absolute atomic E-state index is 0.111. The maximum Gasteiger partial charge on any atom is 0.279 e. The molecule has 0 saturated carbocycles. The summed E-state index contributed by atoms with van der Waals surface area (Å²) in [4.78, 5) is 0. The Bertz CT molecular complexity index is 260. The van der Waals surface area contributed by atoms with Gasteiger partial charge in [0.1, 0.15) is 5.69 Å². The van der Waals surface area contributed by atoms with E-state index in [9.17, 15) is 8.78 Å². The highest BCUT2D eigenvalue weighted by atomic mass is 19.3. The third kappa shape index (κ3) is 1.81. The molecule has 0 bridgehead atoms. The van der Waals surface area contributed by atoms with Gasteiger partial charge in [-0.3, -0.25) is 5.10 Å². The number of nitrogens with zero attached hydrogens (tertiary/aromatic N) is 1. The lowest BCUT2D eigenvalue weighted by Gasteiger charge is -2.13. The van der Waals surface area contributed by atoms with Crippen molar-refractivity contribution in [2.45, 2.75) is 32.6 Å². The topological polar surface area (TPSA) is 28.7 Å². The summed E-state index contributed by atoms with van der Waals surface area (Å²) in [6.45, 7) is 5.79. The predicted octanol–water partition coefficient (Wildman–Crippen LogP) is 2.64. The van der Waals surface area contributed by atoms with Crippen molar-refractivity contribution in [2.24, 2.45) is 0 Å². The van der Waals surface area contributed by atoms with Gasteiger partial charge < -0.3 is 0 Å². The molecule has 0 aliphatic heterocycles. The Labute approximate surface area is 70.0 Å². The molecule has 0 atom stereocenters. The number of aromatic amines is 1. The molecule has 1 N–H and O–H groups in total. The summed E-state index contributed by atoms with van der Waals surface area (Å²) in [7, 11) is 0. The molecule has 1 aromatic heterocycles. The van der Waals surface area contributed by atoms with E-state index in [1.807, 2.05) is 20.8 Å². The first-order valence-corrected chi connectivity index (χ1v) is 3.75. The summed E-state index contributed by atoms with van der Waals surface area (Å²) in [6.07, 6.45) is -2.46. The highest BCUT2D eigenvalue weighted by Crippen LogP contribution is 2.24. The van der Waals surface area contributed by atoms with Crippen molar-refractivity contribution >= 4 is 0 Å². The van der Waals surface area contributed by atoms with Crippen LogP contribution in [0.3, 0.4) is 0 Å². The van der Waals surface area contributed by atoms with E-state index in [2.05, 4.69) is 10.2 Å².